The molecule has 114 valence electrons. The SMILES string of the molecule is COc1cccc(CS(=O)Cc2noc(-c3ccsc3)n2)c1. The van der Waals surface area contributed by atoms with Crippen LogP contribution in [0.25, 0.3) is 11.5 Å². The summed E-state index contributed by atoms with van der Waals surface area (Å²) >= 11 is 1.56. The summed E-state index contributed by atoms with van der Waals surface area (Å²) in [5, 5.41) is 7.77. The third-order valence-corrected chi connectivity index (χ3v) is 4.91. The third kappa shape index (κ3) is 3.61. The van der Waals surface area contributed by atoms with E-state index >= 15 is 0 Å². The second-order valence-electron chi connectivity index (χ2n) is 4.61. The Morgan fingerprint density at radius 3 is 3.00 bits per heavy atom. The van der Waals surface area contributed by atoms with Crippen LogP contribution in [0, 0.1) is 0 Å². The van der Waals surface area contributed by atoms with Gasteiger partial charge in [0.25, 0.3) is 5.89 Å². The smallest absolute Gasteiger partial charge is 0.258 e. The molecule has 0 spiro atoms. The summed E-state index contributed by atoms with van der Waals surface area (Å²) in [7, 11) is 0.509. The summed E-state index contributed by atoms with van der Waals surface area (Å²) in [6, 6.07) is 9.46. The number of hydrogen-bond acceptors (Lipinski definition) is 6. The van der Waals surface area contributed by atoms with E-state index in [1.807, 2.05) is 41.1 Å². The van der Waals surface area contributed by atoms with Crippen LogP contribution in [0.2, 0.25) is 0 Å². The van der Waals surface area contributed by atoms with Crippen molar-refractivity contribution in [3.05, 3.63) is 52.5 Å². The Kier molecular flexibility index (Phi) is 4.65. The zero-order valence-electron chi connectivity index (χ0n) is 11.9. The average Bonchev–Trinajstić information content (AvgIpc) is 3.18. The van der Waals surface area contributed by atoms with Crippen molar-refractivity contribution in [3.63, 3.8) is 0 Å². The molecule has 1 aromatic carbocycles. The molecule has 0 saturated heterocycles. The van der Waals surface area contributed by atoms with Gasteiger partial charge in [-0.25, -0.2) is 0 Å². The minimum Gasteiger partial charge on any atom is -0.497 e. The molecule has 0 N–H and O–H groups in total. The van der Waals surface area contributed by atoms with E-state index in [9.17, 15) is 4.21 Å². The summed E-state index contributed by atoms with van der Waals surface area (Å²) in [4.78, 5) is 4.28. The molecular formula is C15H14N2O3S2. The average molecular weight is 334 g/mol. The van der Waals surface area contributed by atoms with Gasteiger partial charge < -0.3 is 9.26 Å². The Morgan fingerprint density at radius 1 is 1.32 bits per heavy atom. The van der Waals surface area contributed by atoms with E-state index in [4.69, 9.17) is 9.26 Å². The highest BCUT2D eigenvalue weighted by atomic mass is 32.2. The fourth-order valence-corrected chi connectivity index (χ4v) is 3.65. The summed E-state index contributed by atoms with van der Waals surface area (Å²) < 4.78 is 22.6. The predicted molar refractivity (Wildman–Crippen MR) is 86.2 cm³/mol. The molecule has 0 amide bonds. The highest BCUT2D eigenvalue weighted by Gasteiger charge is 2.12. The lowest BCUT2D eigenvalue weighted by Gasteiger charge is -2.03. The van der Waals surface area contributed by atoms with Crippen molar-refractivity contribution in [2.45, 2.75) is 11.5 Å². The third-order valence-electron chi connectivity index (χ3n) is 2.99. The molecule has 2 aromatic heterocycles. The summed E-state index contributed by atoms with van der Waals surface area (Å²) in [6.07, 6.45) is 0. The Hall–Kier alpha value is -1.99. The standard InChI is InChI=1S/C15H14N2O3S2/c1-19-13-4-2-3-11(7-13)9-22(18)10-14-16-15(20-17-14)12-5-6-21-8-12/h2-8H,9-10H2,1H3. The second-order valence-corrected chi connectivity index (χ2v) is 6.84. The largest absolute Gasteiger partial charge is 0.497 e. The van der Waals surface area contributed by atoms with Gasteiger partial charge in [0.05, 0.1) is 18.4 Å². The van der Waals surface area contributed by atoms with E-state index in [0.29, 0.717) is 17.5 Å². The Morgan fingerprint density at radius 2 is 2.23 bits per heavy atom. The van der Waals surface area contributed by atoms with E-state index in [1.165, 1.54) is 0 Å². The first-order valence-electron chi connectivity index (χ1n) is 6.57. The van der Waals surface area contributed by atoms with Gasteiger partial charge in [-0.2, -0.15) is 16.3 Å². The topological polar surface area (TPSA) is 65.2 Å². The van der Waals surface area contributed by atoms with Gasteiger partial charge in [-0.15, -0.1) is 0 Å². The second kappa shape index (κ2) is 6.85. The lowest BCUT2D eigenvalue weighted by atomic mass is 10.2. The van der Waals surface area contributed by atoms with Crippen LogP contribution in [-0.2, 0) is 22.3 Å². The van der Waals surface area contributed by atoms with Crippen molar-refractivity contribution in [2.24, 2.45) is 0 Å². The molecule has 3 rings (SSSR count). The Balaban J connectivity index is 1.64. The van der Waals surface area contributed by atoms with E-state index in [0.717, 1.165) is 16.9 Å². The zero-order chi connectivity index (χ0) is 15.4. The normalized spacial score (nSPS) is 12.2. The molecule has 0 aliphatic heterocycles. The first kappa shape index (κ1) is 14.9. The number of methoxy groups -OCH3 is 1. The number of thiophene rings is 1. The fraction of sp³-hybridized carbons (Fsp3) is 0.200. The fourth-order valence-electron chi connectivity index (χ4n) is 1.96. The van der Waals surface area contributed by atoms with Crippen molar-refractivity contribution < 1.29 is 13.5 Å². The van der Waals surface area contributed by atoms with Gasteiger partial charge >= 0.3 is 0 Å². The highest BCUT2D eigenvalue weighted by molar-refractivity contribution is 7.83. The molecule has 2 heterocycles. The molecule has 3 aromatic rings. The summed E-state index contributed by atoms with van der Waals surface area (Å²) in [5.74, 6) is 2.38. The maximum Gasteiger partial charge on any atom is 0.258 e. The molecule has 0 bridgehead atoms. The van der Waals surface area contributed by atoms with Gasteiger partial charge in [-0.05, 0) is 29.1 Å². The molecule has 1 unspecified atom stereocenters. The van der Waals surface area contributed by atoms with Crippen molar-refractivity contribution in [1.29, 1.82) is 0 Å². The van der Waals surface area contributed by atoms with Crippen molar-refractivity contribution in [1.82, 2.24) is 10.1 Å². The molecule has 0 saturated carbocycles. The quantitative estimate of drug-likeness (QED) is 0.692. The van der Waals surface area contributed by atoms with Crippen molar-refractivity contribution >= 4 is 22.1 Å². The van der Waals surface area contributed by atoms with Crippen LogP contribution in [0.5, 0.6) is 5.75 Å². The predicted octanol–water partition coefficient (Wildman–Crippen LogP) is 3.26. The number of aromatic nitrogens is 2. The van der Waals surface area contributed by atoms with Gasteiger partial charge in [-0.1, -0.05) is 17.3 Å². The highest BCUT2D eigenvalue weighted by Crippen LogP contribution is 2.20. The molecule has 0 aliphatic carbocycles. The van der Waals surface area contributed by atoms with Gasteiger partial charge in [0.2, 0.25) is 0 Å². The first-order valence-corrected chi connectivity index (χ1v) is 9.01. The van der Waals surface area contributed by atoms with E-state index < -0.39 is 10.8 Å². The Bertz CT molecular complexity index is 769. The molecule has 0 radical (unpaired) electrons. The minimum absolute atomic E-state index is 0.269. The first-order chi connectivity index (χ1) is 10.7. The van der Waals surface area contributed by atoms with Gasteiger partial charge in [0.15, 0.2) is 5.82 Å². The number of hydrogen-bond donors (Lipinski definition) is 0. The Labute approximate surface area is 134 Å². The van der Waals surface area contributed by atoms with Crippen LogP contribution >= 0.6 is 11.3 Å². The van der Waals surface area contributed by atoms with Crippen LogP contribution in [0.3, 0.4) is 0 Å². The molecule has 22 heavy (non-hydrogen) atoms. The molecular weight excluding hydrogens is 320 g/mol. The monoisotopic (exact) mass is 334 g/mol. The molecule has 7 heteroatoms. The van der Waals surface area contributed by atoms with Gasteiger partial charge in [0, 0.05) is 21.9 Å². The van der Waals surface area contributed by atoms with E-state index in [-0.39, 0.29) is 5.75 Å². The maximum absolute atomic E-state index is 12.2. The number of benzene rings is 1. The molecule has 0 aliphatic rings. The van der Waals surface area contributed by atoms with Gasteiger partial charge in [-0.3, -0.25) is 4.21 Å². The van der Waals surface area contributed by atoms with Crippen LogP contribution in [0.15, 0.2) is 45.6 Å². The van der Waals surface area contributed by atoms with Crippen LogP contribution in [0.1, 0.15) is 11.4 Å². The lowest BCUT2D eigenvalue weighted by Crippen LogP contribution is -2.01. The van der Waals surface area contributed by atoms with Crippen LogP contribution in [0.4, 0.5) is 0 Å². The van der Waals surface area contributed by atoms with E-state index in [2.05, 4.69) is 10.1 Å². The number of ether oxygens (including phenoxy) is 1. The molecule has 0 fully saturated rings. The summed E-state index contributed by atoms with van der Waals surface area (Å²) in [5.41, 5.74) is 1.85. The minimum atomic E-state index is -1.10. The zero-order valence-corrected chi connectivity index (χ0v) is 13.5. The maximum atomic E-state index is 12.2. The van der Waals surface area contributed by atoms with E-state index in [1.54, 1.807) is 18.4 Å². The van der Waals surface area contributed by atoms with Crippen molar-refractivity contribution in [3.8, 4) is 17.2 Å². The van der Waals surface area contributed by atoms with Gasteiger partial charge in [0.1, 0.15) is 5.75 Å². The number of nitrogens with zero attached hydrogens (tertiary/aromatic N) is 2. The van der Waals surface area contributed by atoms with Crippen LogP contribution < -0.4 is 4.74 Å². The molecule has 1 atom stereocenters. The molecule has 5 nitrogen and oxygen atoms in total. The summed E-state index contributed by atoms with van der Waals surface area (Å²) in [6.45, 7) is 0. The van der Waals surface area contributed by atoms with Crippen LogP contribution in [-0.4, -0.2) is 21.5 Å². The number of rotatable bonds is 6. The lowest BCUT2D eigenvalue weighted by molar-refractivity contribution is 0.414. The van der Waals surface area contributed by atoms with Crippen molar-refractivity contribution in [2.75, 3.05) is 7.11 Å².